The zero-order valence-corrected chi connectivity index (χ0v) is 10.1. The number of rotatable bonds is 6. The third-order valence-corrected chi connectivity index (χ3v) is 3.23. The molecule has 1 N–H and O–H groups in total. The molecule has 0 aromatic heterocycles. The Morgan fingerprint density at radius 2 is 2.06 bits per heavy atom. The molecular weight excluding hydrogens is 194 g/mol. The average molecular weight is 215 g/mol. The standard InChI is InChI=1S/C15H21N/c1-12(15-6-4-3-5-7-15)11-16-13(2)10-14-8-9-14/h3-7,13-14,16H,1,8-11H2,2H3. The summed E-state index contributed by atoms with van der Waals surface area (Å²) in [6, 6.07) is 11.0. The van der Waals surface area contributed by atoms with Crippen molar-refractivity contribution in [1.29, 1.82) is 0 Å². The molecule has 16 heavy (non-hydrogen) atoms. The van der Waals surface area contributed by atoms with Crippen molar-refractivity contribution in [2.24, 2.45) is 5.92 Å². The molecule has 0 radical (unpaired) electrons. The highest BCUT2D eigenvalue weighted by atomic mass is 14.9. The lowest BCUT2D eigenvalue weighted by atomic mass is 10.1. The second-order valence-electron chi connectivity index (χ2n) is 4.93. The van der Waals surface area contributed by atoms with Crippen LogP contribution in [0.2, 0.25) is 0 Å². The molecule has 1 saturated carbocycles. The molecular formula is C15H21N. The smallest absolute Gasteiger partial charge is 0.0208 e. The summed E-state index contributed by atoms with van der Waals surface area (Å²) >= 11 is 0. The minimum Gasteiger partial charge on any atom is -0.310 e. The van der Waals surface area contributed by atoms with Crippen molar-refractivity contribution < 1.29 is 0 Å². The van der Waals surface area contributed by atoms with Crippen LogP contribution in [-0.4, -0.2) is 12.6 Å². The fourth-order valence-corrected chi connectivity index (χ4v) is 2.01. The molecule has 1 nitrogen and oxygen atoms in total. The Hall–Kier alpha value is -1.08. The molecule has 0 saturated heterocycles. The van der Waals surface area contributed by atoms with E-state index in [9.17, 15) is 0 Å². The third-order valence-electron chi connectivity index (χ3n) is 3.23. The molecule has 1 aliphatic rings. The van der Waals surface area contributed by atoms with Gasteiger partial charge in [-0.2, -0.15) is 0 Å². The molecule has 0 bridgehead atoms. The topological polar surface area (TPSA) is 12.0 Å². The van der Waals surface area contributed by atoms with Gasteiger partial charge < -0.3 is 5.32 Å². The summed E-state index contributed by atoms with van der Waals surface area (Å²) in [6.07, 6.45) is 4.19. The predicted octanol–water partition coefficient (Wildman–Crippen LogP) is 3.48. The van der Waals surface area contributed by atoms with E-state index < -0.39 is 0 Å². The molecule has 1 unspecified atom stereocenters. The van der Waals surface area contributed by atoms with Gasteiger partial charge in [0.1, 0.15) is 0 Å². The van der Waals surface area contributed by atoms with Crippen molar-refractivity contribution >= 4 is 5.57 Å². The Morgan fingerprint density at radius 3 is 2.69 bits per heavy atom. The first-order chi connectivity index (χ1) is 7.75. The quantitative estimate of drug-likeness (QED) is 0.766. The zero-order valence-electron chi connectivity index (χ0n) is 10.1. The van der Waals surface area contributed by atoms with Gasteiger partial charge in [-0.15, -0.1) is 0 Å². The van der Waals surface area contributed by atoms with E-state index in [1.165, 1.54) is 30.4 Å². The van der Waals surface area contributed by atoms with Gasteiger partial charge in [0.2, 0.25) is 0 Å². The SMILES string of the molecule is C=C(CNC(C)CC1CC1)c1ccccc1. The Labute approximate surface area is 98.6 Å². The van der Waals surface area contributed by atoms with Gasteiger partial charge in [0.15, 0.2) is 0 Å². The Morgan fingerprint density at radius 1 is 1.38 bits per heavy atom. The van der Waals surface area contributed by atoms with Gasteiger partial charge in [0.25, 0.3) is 0 Å². The van der Waals surface area contributed by atoms with Crippen molar-refractivity contribution in [3.05, 3.63) is 42.5 Å². The molecule has 1 aliphatic carbocycles. The van der Waals surface area contributed by atoms with Crippen LogP contribution in [0.15, 0.2) is 36.9 Å². The molecule has 1 aromatic carbocycles. The maximum absolute atomic E-state index is 4.13. The minimum absolute atomic E-state index is 0.618. The summed E-state index contributed by atoms with van der Waals surface area (Å²) in [7, 11) is 0. The van der Waals surface area contributed by atoms with Gasteiger partial charge in [-0.25, -0.2) is 0 Å². The van der Waals surface area contributed by atoms with Crippen molar-refractivity contribution in [1.82, 2.24) is 5.32 Å². The molecule has 1 fully saturated rings. The first-order valence-corrected chi connectivity index (χ1v) is 6.22. The lowest BCUT2D eigenvalue weighted by Gasteiger charge is -2.14. The van der Waals surface area contributed by atoms with Crippen LogP contribution < -0.4 is 5.32 Å². The molecule has 1 atom stereocenters. The number of hydrogen-bond acceptors (Lipinski definition) is 1. The van der Waals surface area contributed by atoms with Crippen LogP contribution in [0.1, 0.15) is 31.7 Å². The third kappa shape index (κ3) is 3.49. The van der Waals surface area contributed by atoms with Gasteiger partial charge in [0.05, 0.1) is 0 Å². The van der Waals surface area contributed by atoms with Gasteiger partial charge in [-0.1, -0.05) is 49.8 Å². The zero-order chi connectivity index (χ0) is 11.4. The van der Waals surface area contributed by atoms with E-state index in [1.807, 2.05) is 6.07 Å². The van der Waals surface area contributed by atoms with Crippen LogP contribution in [0.4, 0.5) is 0 Å². The minimum atomic E-state index is 0.618. The molecule has 1 aromatic rings. The van der Waals surface area contributed by atoms with Crippen LogP contribution in [0.25, 0.3) is 5.57 Å². The van der Waals surface area contributed by atoms with E-state index in [2.05, 4.69) is 43.1 Å². The fraction of sp³-hybridized carbons (Fsp3) is 0.467. The number of benzene rings is 1. The first-order valence-electron chi connectivity index (χ1n) is 6.22. The lowest BCUT2D eigenvalue weighted by molar-refractivity contribution is 0.514. The van der Waals surface area contributed by atoms with E-state index >= 15 is 0 Å². The Balaban J connectivity index is 1.74. The summed E-state index contributed by atoms with van der Waals surface area (Å²) < 4.78 is 0. The maximum Gasteiger partial charge on any atom is 0.0208 e. The van der Waals surface area contributed by atoms with Crippen molar-refractivity contribution in [3.63, 3.8) is 0 Å². The normalized spacial score (nSPS) is 17.1. The second kappa shape index (κ2) is 5.31. The van der Waals surface area contributed by atoms with Crippen LogP contribution >= 0.6 is 0 Å². The van der Waals surface area contributed by atoms with Crippen LogP contribution in [0.3, 0.4) is 0 Å². The van der Waals surface area contributed by atoms with Crippen molar-refractivity contribution in [2.75, 3.05) is 6.54 Å². The van der Waals surface area contributed by atoms with E-state index in [4.69, 9.17) is 0 Å². The van der Waals surface area contributed by atoms with E-state index in [-0.39, 0.29) is 0 Å². The first kappa shape index (κ1) is 11.4. The van der Waals surface area contributed by atoms with Gasteiger partial charge in [-0.3, -0.25) is 0 Å². The van der Waals surface area contributed by atoms with Crippen molar-refractivity contribution in [3.8, 4) is 0 Å². The monoisotopic (exact) mass is 215 g/mol. The number of nitrogens with one attached hydrogen (secondary N) is 1. The fourth-order valence-electron chi connectivity index (χ4n) is 2.01. The molecule has 0 aliphatic heterocycles. The lowest BCUT2D eigenvalue weighted by Crippen LogP contribution is -2.27. The highest BCUT2D eigenvalue weighted by Crippen LogP contribution is 2.33. The summed E-state index contributed by atoms with van der Waals surface area (Å²) in [5.74, 6) is 0.993. The summed E-state index contributed by atoms with van der Waals surface area (Å²) in [4.78, 5) is 0. The summed E-state index contributed by atoms with van der Waals surface area (Å²) in [5.41, 5.74) is 2.43. The Bertz CT molecular complexity index is 338. The maximum atomic E-state index is 4.13. The van der Waals surface area contributed by atoms with E-state index in [0.717, 1.165) is 12.5 Å². The summed E-state index contributed by atoms with van der Waals surface area (Å²) in [5, 5.41) is 3.55. The predicted molar refractivity (Wildman–Crippen MR) is 70.3 cm³/mol. The van der Waals surface area contributed by atoms with Crippen LogP contribution in [0.5, 0.6) is 0 Å². The van der Waals surface area contributed by atoms with Crippen LogP contribution in [0, 0.1) is 5.92 Å². The molecule has 0 heterocycles. The molecule has 0 amide bonds. The average Bonchev–Trinajstić information content (AvgIpc) is 3.11. The van der Waals surface area contributed by atoms with Gasteiger partial charge in [0, 0.05) is 12.6 Å². The number of hydrogen-bond donors (Lipinski definition) is 1. The van der Waals surface area contributed by atoms with Crippen LogP contribution in [-0.2, 0) is 0 Å². The highest BCUT2D eigenvalue weighted by Gasteiger charge is 2.23. The van der Waals surface area contributed by atoms with Gasteiger partial charge in [-0.05, 0) is 30.4 Å². The molecule has 0 spiro atoms. The molecule has 2 rings (SSSR count). The Kier molecular flexibility index (Phi) is 3.79. The summed E-state index contributed by atoms with van der Waals surface area (Å²) in [6.45, 7) is 7.30. The largest absolute Gasteiger partial charge is 0.310 e. The second-order valence-corrected chi connectivity index (χ2v) is 4.93. The highest BCUT2D eigenvalue weighted by molar-refractivity contribution is 5.64. The van der Waals surface area contributed by atoms with E-state index in [0.29, 0.717) is 6.04 Å². The molecule has 86 valence electrons. The van der Waals surface area contributed by atoms with Gasteiger partial charge >= 0.3 is 0 Å². The van der Waals surface area contributed by atoms with Crippen molar-refractivity contribution in [2.45, 2.75) is 32.2 Å². The van der Waals surface area contributed by atoms with E-state index in [1.54, 1.807) is 0 Å². The molecule has 1 heteroatoms.